The molecule has 3 rings (SSSR count). The van der Waals surface area contributed by atoms with Gasteiger partial charge in [0.1, 0.15) is 0 Å². The lowest BCUT2D eigenvalue weighted by Crippen LogP contribution is -2.08. The van der Waals surface area contributed by atoms with Crippen LogP contribution in [0.25, 0.3) is 10.9 Å². The molecule has 0 spiro atoms. The number of rotatable bonds is 3. The molecule has 0 saturated carbocycles. The number of aromatic nitrogens is 3. The molecule has 1 unspecified atom stereocenters. The number of nitrogen functional groups attached to an aromatic ring is 1. The molecule has 4 N–H and O–H groups in total. The van der Waals surface area contributed by atoms with Gasteiger partial charge in [0.25, 0.3) is 0 Å². The zero-order chi connectivity index (χ0) is 14.3. The van der Waals surface area contributed by atoms with Gasteiger partial charge in [-0.15, -0.1) is 11.3 Å². The van der Waals surface area contributed by atoms with Gasteiger partial charge in [0.15, 0.2) is 0 Å². The van der Waals surface area contributed by atoms with E-state index in [0.717, 1.165) is 33.0 Å². The molecule has 0 amide bonds. The number of nitrogens with two attached hydrogens (primary N) is 1. The molecular weight excluding hydrogens is 270 g/mol. The first-order valence-corrected chi connectivity index (χ1v) is 7.29. The van der Waals surface area contributed by atoms with Crippen LogP contribution in [-0.4, -0.2) is 15.2 Å². The Bertz CT molecular complexity index is 758. The van der Waals surface area contributed by atoms with Gasteiger partial charge < -0.3 is 11.1 Å². The van der Waals surface area contributed by atoms with Crippen molar-refractivity contribution in [3.05, 3.63) is 33.9 Å². The third-order valence-corrected chi connectivity index (χ3v) is 4.57. The van der Waals surface area contributed by atoms with Gasteiger partial charge in [0, 0.05) is 10.3 Å². The maximum absolute atomic E-state index is 6.10. The van der Waals surface area contributed by atoms with Crippen molar-refractivity contribution in [1.82, 2.24) is 15.2 Å². The number of aromatic amines is 1. The summed E-state index contributed by atoms with van der Waals surface area (Å²) in [4.78, 5) is 5.71. The first-order valence-electron chi connectivity index (χ1n) is 6.47. The summed E-state index contributed by atoms with van der Waals surface area (Å²) in [6.45, 7) is 6.19. The first-order chi connectivity index (χ1) is 9.54. The van der Waals surface area contributed by atoms with E-state index in [-0.39, 0.29) is 6.04 Å². The predicted octanol–water partition coefficient (Wildman–Crippen LogP) is 3.39. The van der Waals surface area contributed by atoms with E-state index in [1.54, 1.807) is 17.5 Å². The Morgan fingerprint density at radius 2 is 2.15 bits per heavy atom. The lowest BCUT2D eigenvalue weighted by Gasteiger charge is -2.16. The fourth-order valence-corrected chi connectivity index (χ4v) is 3.31. The second kappa shape index (κ2) is 4.79. The van der Waals surface area contributed by atoms with Crippen molar-refractivity contribution in [2.45, 2.75) is 26.8 Å². The number of benzene rings is 1. The summed E-state index contributed by atoms with van der Waals surface area (Å²) < 4.78 is 0. The second-order valence-corrected chi connectivity index (χ2v) is 6.18. The van der Waals surface area contributed by atoms with E-state index >= 15 is 0 Å². The topological polar surface area (TPSA) is 79.6 Å². The number of fused-ring (bicyclic) bond motifs is 1. The average molecular weight is 287 g/mol. The minimum absolute atomic E-state index is 0.170. The molecule has 0 bridgehead atoms. The quantitative estimate of drug-likeness (QED) is 0.645. The molecule has 0 radical (unpaired) electrons. The zero-order valence-electron chi connectivity index (χ0n) is 11.7. The molecule has 1 atom stereocenters. The second-order valence-electron chi connectivity index (χ2n) is 4.95. The Balaban J connectivity index is 1.92. The highest BCUT2D eigenvalue weighted by Gasteiger charge is 2.14. The van der Waals surface area contributed by atoms with Crippen LogP contribution in [0, 0.1) is 13.8 Å². The van der Waals surface area contributed by atoms with E-state index in [9.17, 15) is 0 Å². The number of aryl methyl sites for hydroxylation is 2. The number of anilines is 2. The van der Waals surface area contributed by atoms with Crippen LogP contribution in [0.4, 0.5) is 11.4 Å². The van der Waals surface area contributed by atoms with Crippen molar-refractivity contribution in [1.29, 1.82) is 0 Å². The van der Waals surface area contributed by atoms with Crippen LogP contribution in [0.15, 0.2) is 18.3 Å². The van der Waals surface area contributed by atoms with E-state index in [2.05, 4.69) is 27.4 Å². The third kappa shape index (κ3) is 2.22. The molecule has 20 heavy (non-hydrogen) atoms. The molecule has 2 aromatic heterocycles. The van der Waals surface area contributed by atoms with Gasteiger partial charge in [-0.25, -0.2) is 4.98 Å². The maximum atomic E-state index is 6.10. The van der Waals surface area contributed by atoms with Crippen LogP contribution in [-0.2, 0) is 0 Å². The lowest BCUT2D eigenvalue weighted by atomic mass is 10.1. The van der Waals surface area contributed by atoms with E-state index in [1.165, 1.54) is 4.88 Å². The van der Waals surface area contributed by atoms with Gasteiger partial charge in [0.05, 0.1) is 39.8 Å². The van der Waals surface area contributed by atoms with Gasteiger partial charge in [-0.05, 0) is 32.9 Å². The molecule has 1 aromatic carbocycles. The molecule has 0 saturated heterocycles. The number of hydrogen-bond donors (Lipinski definition) is 3. The van der Waals surface area contributed by atoms with Gasteiger partial charge in [0.2, 0.25) is 0 Å². The van der Waals surface area contributed by atoms with E-state index < -0.39 is 0 Å². The number of thiazole rings is 1. The van der Waals surface area contributed by atoms with Crippen molar-refractivity contribution in [2.24, 2.45) is 0 Å². The third-order valence-electron chi connectivity index (χ3n) is 3.32. The number of hydrogen-bond acceptors (Lipinski definition) is 5. The Morgan fingerprint density at radius 1 is 1.35 bits per heavy atom. The van der Waals surface area contributed by atoms with Crippen molar-refractivity contribution in [3.8, 4) is 0 Å². The van der Waals surface area contributed by atoms with Crippen molar-refractivity contribution in [2.75, 3.05) is 11.1 Å². The van der Waals surface area contributed by atoms with Crippen LogP contribution in [0.1, 0.15) is 28.5 Å². The van der Waals surface area contributed by atoms with Crippen LogP contribution < -0.4 is 11.1 Å². The Morgan fingerprint density at radius 3 is 2.85 bits per heavy atom. The van der Waals surface area contributed by atoms with Crippen LogP contribution in [0.5, 0.6) is 0 Å². The average Bonchev–Trinajstić information content (AvgIpc) is 2.95. The lowest BCUT2D eigenvalue weighted by molar-refractivity contribution is 0.891. The standard InChI is InChI=1S/C14H17N5S/c1-7-14(20-9(3)17-7)8(2)18-13-5-12-10(4-11(13)15)6-16-19-12/h4-6,8,18H,15H2,1-3H3,(H,16,19). The maximum Gasteiger partial charge on any atom is 0.0900 e. The molecule has 0 aliphatic rings. The van der Waals surface area contributed by atoms with Gasteiger partial charge in [-0.2, -0.15) is 5.10 Å². The van der Waals surface area contributed by atoms with Crippen LogP contribution >= 0.6 is 11.3 Å². The molecule has 3 aromatic rings. The van der Waals surface area contributed by atoms with Gasteiger partial charge >= 0.3 is 0 Å². The minimum Gasteiger partial charge on any atom is -0.397 e. The highest BCUT2D eigenvalue weighted by molar-refractivity contribution is 7.11. The summed E-state index contributed by atoms with van der Waals surface area (Å²) >= 11 is 1.72. The fourth-order valence-electron chi connectivity index (χ4n) is 2.38. The minimum atomic E-state index is 0.170. The predicted molar refractivity (Wildman–Crippen MR) is 84.1 cm³/mol. The molecule has 104 valence electrons. The molecule has 0 aliphatic heterocycles. The van der Waals surface area contributed by atoms with Crippen molar-refractivity contribution in [3.63, 3.8) is 0 Å². The molecule has 0 fully saturated rings. The summed E-state index contributed by atoms with van der Waals surface area (Å²) in [6, 6.07) is 4.10. The molecule has 2 heterocycles. The molecule has 5 nitrogen and oxygen atoms in total. The molecule has 6 heteroatoms. The summed E-state index contributed by atoms with van der Waals surface area (Å²) in [6.07, 6.45) is 1.77. The van der Waals surface area contributed by atoms with E-state index in [4.69, 9.17) is 5.73 Å². The normalized spacial score (nSPS) is 12.8. The number of nitrogens with zero attached hydrogens (tertiary/aromatic N) is 2. The summed E-state index contributed by atoms with van der Waals surface area (Å²) in [7, 11) is 0. The zero-order valence-corrected chi connectivity index (χ0v) is 12.5. The SMILES string of the molecule is Cc1nc(C)c(C(C)Nc2cc3[nH]ncc3cc2N)s1. The fraction of sp³-hybridized carbons (Fsp3) is 0.286. The highest BCUT2D eigenvalue weighted by Crippen LogP contribution is 2.31. The van der Waals surface area contributed by atoms with Crippen molar-refractivity contribution < 1.29 is 0 Å². The molecular formula is C14H17N5S. The van der Waals surface area contributed by atoms with Crippen LogP contribution in [0.2, 0.25) is 0 Å². The molecule has 0 aliphatic carbocycles. The van der Waals surface area contributed by atoms with E-state index in [1.807, 2.05) is 26.0 Å². The summed E-state index contributed by atoms with van der Waals surface area (Å²) in [5.74, 6) is 0. The van der Waals surface area contributed by atoms with Crippen molar-refractivity contribution >= 4 is 33.6 Å². The largest absolute Gasteiger partial charge is 0.397 e. The Kier molecular flexibility index (Phi) is 3.10. The van der Waals surface area contributed by atoms with Crippen LogP contribution in [0.3, 0.4) is 0 Å². The highest BCUT2D eigenvalue weighted by atomic mass is 32.1. The Hall–Kier alpha value is -2.08. The van der Waals surface area contributed by atoms with Gasteiger partial charge in [-0.1, -0.05) is 0 Å². The smallest absolute Gasteiger partial charge is 0.0900 e. The van der Waals surface area contributed by atoms with E-state index in [0.29, 0.717) is 0 Å². The first kappa shape index (κ1) is 12.9. The summed E-state index contributed by atoms with van der Waals surface area (Å²) in [5.41, 5.74) is 9.80. The monoisotopic (exact) mass is 287 g/mol. The van der Waals surface area contributed by atoms with Gasteiger partial charge in [-0.3, -0.25) is 5.10 Å². The summed E-state index contributed by atoms with van der Waals surface area (Å²) in [5, 5.41) is 12.5. The Labute approximate surface area is 121 Å². The number of H-pyrrole nitrogens is 1. The number of nitrogens with one attached hydrogen (secondary N) is 2.